The molecule has 28 heavy (non-hydrogen) atoms. The van der Waals surface area contributed by atoms with Crippen molar-refractivity contribution in [2.45, 2.75) is 57.8 Å². The third kappa shape index (κ3) is 6.24. The molecule has 0 radical (unpaired) electrons. The third-order valence-electron chi connectivity index (χ3n) is 5.11. The Labute approximate surface area is 174 Å². The summed E-state index contributed by atoms with van der Waals surface area (Å²) in [4.78, 5) is 12.2. The summed E-state index contributed by atoms with van der Waals surface area (Å²) < 4.78 is 5.32. The molecular weight excluding hydrogens is 368 g/mol. The molecule has 0 bridgehead atoms. The Bertz CT molecular complexity index is 734. The van der Waals surface area contributed by atoms with Gasteiger partial charge in [-0.2, -0.15) is 0 Å². The molecule has 0 aliphatic carbocycles. The number of allylic oxidation sites excluding steroid dienone is 1. The fourth-order valence-electron chi connectivity index (χ4n) is 3.59. The van der Waals surface area contributed by atoms with Crippen LogP contribution < -0.4 is 0 Å². The predicted octanol–water partition coefficient (Wildman–Crippen LogP) is 7.54. The van der Waals surface area contributed by atoms with Gasteiger partial charge in [0.25, 0.3) is 0 Å². The third-order valence-corrected chi connectivity index (χ3v) is 5.36. The Balaban J connectivity index is 2.24. The standard InChI is InChI=1S/C25H31ClO2/c1-4-7-18-28-25(27)21-12-10-19(11-13-21)23(8-5-2)24(9-6-3)20-14-16-22(26)17-15-20/h6,10-17,23-24H,3-5,7-9,18H2,1-2H3. The molecule has 0 aliphatic heterocycles. The van der Waals surface area contributed by atoms with Crippen LogP contribution in [0, 0.1) is 0 Å². The lowest BCUT2D eigenvalue weighted by atomic mass is 9.77. The van der Waals surface area contributed by atoms with E-state index in [2.05, 4.69) is 44.7 Å². The van der Waals surface area contributed by atoms with E-state index in [1.165, 1.54) is 11.1 Å². The number of halogens is 1. The second kappa shape index (κ2) is 11.7. The summed E-state index contributed by atoms with van der Waals surface area (Å²) in [5, 5.41) is 0.749. The summed E-state index contributed by atoms with van der Waals surface area (Å²) >= 11 is 6.08. The van der Waals surface area contributed by atoms with Gasteiger partial charge in [-0.05, 0) is 66.5 Å². The van der Waals surface area contributed by atoms with Crippen LogP contribution >= 0.6 is 11.6 Å². The van der Waals surface area contributed by atoms with Crippen molar-refractivity contribution in [2.75, 3.05) is 6.61 Å². The van der Waals surface area contributed by atoms with Gasteiger partial charge in [0.1, 0.15) is 0 Å². The van der Waals surface area contributed by atoms with E-state index in [-0.39, 0.29) is 5.97 Å². The molecule has 2 aromatic rings. The number of esters is 1. The number of unbranched alkanes of at least 4 members (excludes halogenated alkanes) is 1. The summed E-state index contributed by atoms with van der Waals surface area (Å²) in [5.74, 6) is 0.443. The van der Waals surface area contributed by atoms with Crippen LogP contribution in [0.2, 0.25) is 5.02 Å². The smallest absolute Gasteiger partial charge is 0.338 e. The zero-order valence-electron chi connectivity index (χ0n) is 17.0. The molecule has 2 unspecified atom stereocenters. The molecule has 3 heteroatoms. The average molecular weight is 399 g/mol. The zero-order chi connectivity index (χ0) is 20.4. The highest BCUT2D eigenvalue weighted by molar-refractivity contribution is 6.30. The summed E-state index contributed by atoms with van der Waals surface area (Å²) in [6.45, 7) is 8.73. The summed E-state index contributed by atoms with van der Waals surface area (Å²) in [6, 6.07) is 16.0. The first-order valence-corrected chi connectivity index (χ1v) is 10.6. The highest BCUT2D eigenvalue weighted by Crippen LogP contribution is 2.39. The van der Waals surface area contributed by atoms with Crippen molar-refractivity contribution in [1.82, 2.24) is 0 Å². The van der Waals surface area contributed by atoms with Gasteiger partial charge in [-0.25, -0.2) is 4.79 Å². The Morgan fingerprint density at radius 2 is 1.61 bits per heavy atom. The van der Waals surface area contributed by atoms with Gasteiger partial charge in [-0.3, -0.25) is 0 Å². The monoisotopic (exact) mass is 398 g/mol. The van der Waals surface area contributed by atoms with Crippen molar-refractivity contribution < 1.29 is 9.53 Å². The first-order chi connectivity index (χ1) is 13.6. The van der Waals surface area contributed by atoms with Crippen LogP contribution in [-0.4, -0.2) is 12.6 Å². The highest BCUT2D eigenvalue weighted by atomic mass is 35.5. The van der Waals surface area contributed by atoms with Crippen LogP contribution in [0.15, 0.2) is 61.2 Å². The summed E-state index contributed by atoms with van der Waals surface area (Å²) in [6.07, 6.45) is 6.95. The molecule has 2 aromatic carbocycles. The van der Waals surface area contributed by atoms with Gasteiger partial charge >= 0.3 is 5.97 Å². The molecule has 0 spiro atoms. The minimum absolute atomic E-state index is 0.243. The number of hydrogen-bond donors (Lipinski definition) is 0. The topological polar surface area (TPSA) is 26.3 Å². The Hall–Kier alpha value is -2.06. The maximum absolute atomic E-state index is 12.2. The van der Waals surface area contributed by atoms with Gasteiger partial charge in [-0.1, -0.05) is 68.6 Å². The molecule has 0 saturated heterocycles. The number of carbonyl (C=O) groups is 1. The SMILES string of the molecule is C=CCC(c1ccc(Cl)cc1)C(CCC)c1ccc(C(=O)OCCCC)cc1. The lowest BCUT2D eigenvalue weighted by molar-refractivity contribution is 0.0499. The number of benzene rings is 2. The number of hydrogen-bond acceptors (Lipinski definition) is 2. The lowest BCUT2D eigenvalue weighted by Crippen LogP contribution is -2.12. The van der Waals surface area contributed by atoms with Gasteiger partial charge < -0.3 is 4.74 Å². The fourth-order valence-corrected chi connectivity index (χ4v) is 3.72. The predicted molar refractivity (Wildman–Crippen MR) is 118 cm³/mol. The van der Waals surface area contributed by atoms with E-state index in [0.29, 0.717) is 24.0 Å². The van der Waals surface area contributed by atoms with Crippen LogP contribution in [0.25, 0.3) is 0 Å². The summed E-state index contributed by atoms with van der Waals surface area (Å²) in [5.41, 5.74) is 3.13. The molecule has 0 aromatic heterocycles. The van der Waals surface area contributed by atoms with Crippen molar-refractivity contribution in [2.24, 2.45) is 0 Å². The lowest BCUT2D eigenvalue weighted by Gasteiger charge is -2.27. The molecule has 0 saturated carbocycles. The van der Waals surface area contributed by atoms with Gasteiger partial charge in [0, 0.05) is 5.02 Å². The molecule has 2 atom stereocenters. The molecule has 2 rings (SSSR count). The molecule has 150 valence electrons. The normalized spacial score (nSPS) is 13.0. The van der Waals surface area contributed by atoms with E-state index >= 15 is 0 Å². The molecular formula is C25H31ClO2. The minimum atomic E-state index is -0.243. The van der Waals surface area contributed by atoms with Gasteiger partial charge in [0.2, 0.25) is 0 Å². The number of rotatable bonds is 11. The van der Waals surface area contributed by atoms with Crippen molar-refractivity contribution in [3.8, 4) is 0 Å². The first-order valence-electron chi connectivity index (χ1n) is 10.2. The van der Waals surface area contributed by atoms with E-state index in [4.69, 9.17) is 16.3 Å². The second-order valence-corrected chi connectivity index (χ2v) is 7.63. The van der Waals surface area contributed by atoms with Crippen molar-refractivity contribution in [3.05, 3.63) is 82.9 Å². The van der Waals surface area contributed by atoms with Crippen molar-refractivity contribution >= 4 is 17.6 Å². The van der Waals surface area contributed by atoms with Gasteiger partial charge in [0.15, 0.2) is 0 Å². The van der Waals surface area contributed by atoms with Crippen molar-refractivity contribution in [1.29, 1.82) is 0 Å². The van der Waals surface area contributed by atoms with Crippen LogP contribution in [-0.2, 0) is 4.74 Å². The molecule has 2 nitrogen and oxygen atoms in total. The molecule has 0 amide bonds. The Kier molecular flexibility index (Phi) is 9.30. The van der Waals surface area contributed by atoms with E-state index < -0.39 is 0 Å². The van der Waals surface area contributed by atoms with E-state index in [1.54, 1.807) is 0 Å². The maximum Gasteiger partial charge on any atom is 0.338 e. The molecule has 0 N–H and O–H groups in total. The minimum Gasteiger partial charge on any atom is -0.462 e. The first kappa shape index (κ1) is 22.2. The maximum atomic E-state index is 12.2. The number of ether oxygens (including phenoxy) is 1. The highest BCUT2D eigenvalue weighted by Gasteiger charge is 2.23. The fraction of sp³-hybridized carbons (Fsp3) is 0.400. The van der Waals surface area contributed by atoms with Crippen LogP contribution in [0.1, 0.15) is 79.3 Å². The largest absolute Gasteiger partial charge is 0.462 e. The van der Waals surface area contributed by atoms with E-state index in [1.807, 2.05) is 30.3 Å². The van der Waals surface area contributed by atoms with E-state index in [0.717, 1.165) is 37.1 Å². The van der Waals surface area contributed by atoms with Crippen LogP contribution in [0.3, 0.4) is 0 Å². The Morgan fingerprint density at radius 3 is 2.18 bits per heavy atom. The molecule has 0 heterocycles. The quantitative estimate of drug-likeness (QED) is 0.222. The van der Waals surface area contributed by atoms with Crippen LogP contribution in [0.4, 0.5) is 0 Å². The van der Waals surface area contributed by atoms with Gasteiger partial charge in [-0.15, -0.1) is 6.58 Å². The van der Waals surface area contributed by atoms with E-state index in [9.17, 15) is 4.79 Å². The average Bonchev–Trinajstić information content (AvgIpc) is 2.72. The Morgan fingerprint density at radius 1 is 1.00 bits per heavy atom. The van der Waals surface area contributed by atoms with Crippen molar-refractivity contribution in [3.63, 3.8) is 0 Å². The summed E-state index contributed by atoms with van der Waals surface area (Å²) in [7, 11) is 0. The number of carbonyl (C=O) groups excluding carboxylic acids is 1. The second-order valence-electron chi connectivity index (χ2n) is 7.19. The van der Waals surface area contributed by atoms with Crippen LogP contribution in [0.5, 0.6) is 0 Å². The zero-order valence-corrected chi connectivity index (χ0v) is 17.8. The van der Waals surface area contributed by atoms with Gasteiger partial charge in [0.05, 0.1) is 12.2 Å². The molecule has 0 fully saturated rings. The molecule has 0 aliphatic rings.